The van der Waals surface area contributed by atoms with E-state index in [0.717, 1.165) is 44.5 Å². The number of rotatable bonds is 20. The maximum absolute atomic E-state index is 13.3. The number of hydrogen-bond acceptors (Lipinski definition) is 4. The third-order valence-electron chi connectivity index (χ3n) is 7.96. The Bertz CT molecular complexity index is 1050. The molecule has 2 aromatic carbocycles. The summed E-state index contributed by atoms with van der Waals surface area (Å²) in [5, 5.41) is 6.10. The first kappa shape index (κ1) is 32.7. The van der Waals surface area contributed by atoms with Crippen LogP contribution in [0.1, 0.15) is 119 Å². The molecule has 0 spiro atoms. The zero-order valence-electron chi connectivity index (χ0n) is 25.6. The Morgan fingerprint density at radius 1 is 0.829 bits per heavy atom. The summed E-state index contributed by atoms with van der Waals surface area (Å²) in [4.78, 5) is 28.3. The molecule has 0 bridgehead atoms. The van der Waals surface area contributed by atoms with E-state index in [-0.39, 0.29) is 11.8 Å². The molecule has 6 heteroatoms. The van der Waals surface area contributed by atoms with Crippen LogP contribution in [0.5, 0.6) is 0 Å². The molecule has 0 aromatic heterocycles. The maximum Gasteiger partial charge on any atom is 0.253 e. The van der Waals surface area contributed by atoms with Crippen molar-refractivity contribution in [1.82, 2.24) is 5.32 Å². The van der Waals surface area contributed by atoms with Crippen molar-refractivity contribution in [2.24, 2.45) is 0 Å². The van der Waals surface area contributed by atoms with Crippen LogP contribution in [0, 0.1) is 0 Å². The van der Waals surface area contributed by atoms with Gasteiger partial charge < -0.3 is 20.3 Å². The van der Waals surface area contributed by atoms with Gasteiger partial charge in [-0.1, -0.05) is 95.4 Å². The average Bonchev–Trinajstić information content (AvgIpc) is 2.99. The Morgan fingerprint density at radius 2 is 1.51 bits per heavy atom. The topological polar surface area (TPSA) is 70.7 Å². The second-order valence-electron chi connectivity index (χ2n) is 11.3. The summed E-state index contributed by atoms with van der Waals surface area (Å²) >= 11 is 0. The molecule has 2 amide bonds. The van der Waals surface area contributed by atoms with Gasteiger partial charge in [0, 0.05) is 50.6 Å². The molecule has 6 nitrogen and oxygen atoms in total. The Hall–Kier alpha value is -2.86. The number of hydrogen-bond donors (Lipinski definition) is 2. The highest BCUT2D eigenvalue weighted by atomic mass is 16.5. The fourth-order valence-electron chi connectivity index (χ4n) is 5.56. The molecule has 2 N–H and O–H groups in total. The van der Waals surface area contributed by atoms with Crippen LogP contribution in [0.4, 0.5) is 11.4 Å². The highest BCUT2D eigenvalue weighted by Gasteiger charge is 2.22. The number of unbranched alkanes of at least 4 members (excludes halogenated alkanes) is 10. The van der Waals surface area contributed by atoms with Gasteiger partial charge in [-0.05, 0) is 55.5 Å². The minimum atomic E-state index is -0.114. The predicted molar refractivity (Wildman–Crippen MR) is 171 cm³/mol. The monoisotopic (exact) mass is 563 g/mol. The highest BCUT2D eigenvalue weighted by Crippen LogP contribution is 2.30. The second-order valence-corrected chi connectivity index (χ2v) is 11.3. The lowest BCUT2D eigenvalue weighted by molar-refractivity contribution is -0.116. The van der Waals surface area contributed by atoms with Crippen molar-refractivity contribution in [2.75, 3.05) is 36.5 Å². The van der Waals surface area contributed by atoms with E-state index in [1.54, 1.807) is 0 Å². The number of ether oxygens (including phenoxy) is 1. The van der Waals surface area contributed by atoms with Crippen molar-refractivity contribution in [1.29, 1.82) is 0 Å². The first-order valence-electron chi connectivity index (χ1n) is 16.2. The van der Waals surface area contributed by atoms with E-state index in [1.165, 1.54) is 68.9 Å². The Kier molecular flexibility index (Phi) is 15.4. The van der Waals surface area contributed by atoms with Gasteiger partial charge in [0.1, 0.15) is 0 Å². The molecule has 1 aliphatic heterocycles. The number of nitrogens with one attached hydrogen (secondary N) is 2. The largest absolute Gasteiger partial charge is 0.382 e. The summed E-state index contributed by atoms with van der Waals surface area (Å²) in [6.07, 6.45) is 16.1. The van der Waals surface area contributed by atoms with Gasteiger partial charge in [0.15, 0.2) is 0 Å². The van der Waals surface area contributed by atoms with Crippen LogP contribution < -0.4 is 15.5 Å². The number of carbonyl (C=O) groups is 2. The number of anilines is 2. The van der Waals surface area contributed by atoms with Crippen LogP contribution in [0.25, 0.3) is 0 Å². The van der Waals surface area contributed by atoms with E-state index in [4.69, 9.17) is 4.74 Å². The van der Waals surface area contributed by atoms with Gasteiger partial charge in [0.2, 0.25) is 5.91 Å². The van der Waals surface area contributed by atoms with Gasteiger partial charge in [-0.15, -0.1) is 0 Å². The van der Waals surface area contributed by atoms with Crippen LogP contribution in [0.3, 0.4) is 0 Å². The van der Waals surface area contributed by atoms with E-state index in [1.807, 2.05) is 25.1 Å². The zero-order valence-corrected chi connectivity index (χ0v) is 25.6. The minimum Gasteiger partial charge on any atom is -0.382 e. The van der Waals surface area contributed by atoms with Crippen molar-refractivity contribution >= 4 is 23.2 Å². The summed E-state index contributed by atoms with van der Waals surface area (Å²) < 4.78 is 5.41. The molecule has 3 rings (SSSR count). The SMILES string of the molecule is CCCCCCCCCCCCCC(=O)Nc1ccc(N2CCc3ccccc3C2)c(C(=O)NCCCOCC)c1. The van der Waals surface area contributed by atoms with E-state index in [2.05, 4.69) is 46.7 Å². The van der Waals surface area contributed by atoms with Gasteiger partial charge in [-0.2, -0.15) is 0 Å². The van der Waals surface area contributed by atoms with E-state index < -0.39 is 0 Å². The van der Waals surface area contributed by atoms with Crippen LogP contribution >= 0.6 is 0 Å². The summed E-state index contributed by atoms with van der Waals surface area (Å²) in [6.45, 7) is 7.71. The Labute approximate surface area is 248 Å². The summed E-state index contributed by atoms with van der Waals surface area (Å²) in [7, 11) is 0. The molecule has 0 fully saturated rings. The lowest BCUT2D eigenvalue weighted by atomic mass is 9.98. The molecule has 1 heterocycles. The van der Waals surface area contributed by atoms with Crippen molar-refractivity contribution in [3.05, 3.63) is 59.2 Å². The van der Waals surface area contributed by atoms with Gasteiger partial charge in [-0.3, -0.25) is 9.59 Å². The van der Waals surface area contributed by atoms with Crippen molar-refractivity contribution < 1.29 is 14.3 Å². The number of carbonyl (C=O) groups excluding carboxylic acids is 2. The quantitative estimate of drug-likeness (QED) is 0.160. The van der Waals surface area contributed by atoms with Gasteiger partial charge in [0.05, 0.1) is 5.56 Å². The molecule has 0 atom stereocenters. The summed E-state index contributed by atoms with van der Waals surface area (Å²) in [6, 6.07) is 14.3. The third kappa shape index (κ3) is 11.9. The molecule has 2 aromatic rings. The van der Waals surface area contributed by atoms with Crippen molar-refractivity contribution in [3.8, 4) is 0 Å². The van der Waals surface area contributed by atoms with Crippen LogP contribution in [0.15, 0.2) is 42.5 Å². The van der Waals surface area contributed by atoms with Crippen LogP contribution in [0.2, 0.25) is 0 Å². The van der Waals surface area contributed by atoms with E-state index in [9.17, 15) is 9.59 Å². The fourth-order valence-corrected chi connectivity index (χ4v) is 5.56. The summed E-state index contributed by atoms with van der Waals surface area (Å²) in [5.41, 5.74) is 4.86. The molecule has 0 unspecified atom stereocenters. The maximum atomic E-state index is 13.3. The molecule has 0 saturated heterocycles. The number of fused-ring (bicyclic) bond motifs is 1. The smallest absolute Gasteiger partial charge is 0.253 e. The first-order valence-corrected chi connectivity index (χ1v) is 16.2. The summed E-state index contributed by atoms with van der Waals surface area (Å²) in [5.74, 6) is -0.0968. The molecular formula is C35H53N3O3. The third-order valence-corrected chi connectivity index (χ3v) is 7.96. The molecule has 0 radical (unpaired) electrons. The number of nitrogens with zero attached hydrogens (tertiary/aromatic N) is 1. The molecular weight excluding hydrogens is 510 g/mol. The van der Waals surface area contributed by atoms with Crippen molar-refractivity contribution in [3.63, 3.8) is 0 Å². The minimum absolute atomic E-state index is 0.0173. The molecule has 226 valence electrons. The molecule has 0 saturated carbocycles. The molecule has 0 aliphatic carbocycles. The molecule has 1 aliphatic rings. The van der Waals surface area contributed by atoms with Gasteiger partial charge in [0.25, 0.3) is 5.91 Å². The zero-order chi connectivity index (χ0) is 29.1. The normalized spacial score (nSPS) is 12.7. The Balaban J connectivity index is 1.51. The number of benzene rings is 2. The lowest BCUT2D eigenvalue weighted by Crippen LogP contribution is -2.33. The standard InChI is InChI=1S/C35H53N3O3/c1-3-5-6-7-8-9-10-11-12-13-14-20-34(39)37-31-21-22-33(32(27-31)35(40)36-24-17-26-41-4-2)38-25-23-29-18-15-16-19-30(29)28-38/h15-16,18-19,21-22,27H,3-14,17,20,23-26,28H2,1-2H3,(H,36,40)(H,37,39). The first-order chi connectivity index (χ1) is 20.1. The molecule has 41 heavy (non-hydrogen) atoms. The second kappa shape index (κ2) is 19.3. The lowest BCUT2D eigenvalue weighted by Gasteiger charge is -2.32. The van der Waals surface area contributed by atoms with Gasteiger partial charge in [-0.25, -0.2) is 0 Å². The Morgan fingerprint density at radius 3 is 2.22 bits per heavy atom. The van der Waals surface area contributed by atoms with Crippen LogP contribution in [-0.2, 0) is 22.5 Å². The van der Waals surface area contributed by atoms with E-state index >= 15 is 0 Å². The highest BCUT2D eigenvalue weighted by molar-refractivity contribution is 6.02. The van der Waals surface area contributed by atoms with E-state index in [0.29, 0.717) is 37.4 Å². The fraction of sp³-hybridized carbons (Fsp3) is 0.600. The van der Waals surface area contributed by atoms with Gasteiger partial charge >= 0.3 is 0 Å². The predicted octanol–water partition coefficient (Wildman–Crippen LogP) is 8.05. The van der Waals surface area contributed by atoms with Crippen LogP contribution in [-0.4, -0.2) is 38.1 Å². The van der Waals surface area contributed by atoms with Crippen molar-refractivity contribution in [2.45, 2.75) is 110 Å². The number of amides is 2. The average molecular weight is 564 g/mol.